The van der Waals surface area contributed by atoms with Gasteiger partial charge in [0.1, 0.15) is 0 Å². The largest absolute Gasteiger partial charge is 0.417 e. The van der Waals surface area contributed by atoms with E-state index < -0.39 is 13.7 Å². The first-order valence-electron chi connectivity index (χ1n) is 9.23. The topological polar surface area (TPSA) is 38.0 Å². The maximum atomic E-state index is 9.57. The molecular formula is C21H31BrN2OSi. The van der Waals surface area contributed by atoms with Crippen LogP contribution in [0.3, 0.4) is 0 Å². The minimum atomic E-state index is -1.70. The first-order chi connectivity index (χ1) is 11.9. The third kappa shape index (κ3) is 4.41. The van der Waals surface area contributed by atoms with Crippen molar-refractivity contribution in [3.63, 3.8) is 0 Å². The Balaban J connectivity index is 2.20. The van der Waals surface area contributed by atoms with E-state index in [2.05, 4.69) is 78.8 Å². The molecule has 0 fully saturated rings. The fraction of sp³-hybridized carbons (Fsp3) is 0.571. The van der Waals surface area contributed by atoms with Gasteiger partial charge in [0, 0.05) is 34.7 Å². The summed E-state index contributed by atoms with van der Waals surface area (Å²) in [5, 5.41) is 11.0. The lowest BCUT2D eigenvalue weighted by molar-refractivity contribution is 0.275. The molecule has 1 heterocycles. The monoisotopic (exact) mass is 434 g/mol. The second-order valence-electron chi connectivity index (χ2n) is 9.10. The van der Waals surface area contributed by atoms with Crippen LogP contribution in [0.2, 0.25) is 18.1 Å². The van der Waals surface area contributed by atoms with Gasteiger partial charge in [0.2, 0.25) is 0 Å². The predicted molar refractivity (Wildman–Crippen MR) is 116 cm³/mol. The summed E-state index contributed by atoms with van der Waals surface area (Å²) in [4.78, 5) is 0. The molecule has 1 aromatic carbocycles. The average molecular weight is 435 g/mol. The second-order valence-corrected chi connectivity index (χ2v) is 14.8. The van der Waals surface area contributed by atoms with Crippen LogP contribution in [0, 0.1) is 11.3 Å². The first-order valence-corrected chi connectivity index (χ1v) is 12.9. The molecule has 2 rings (SSSR count). The third-order valence-electron chi connectivity index (χ3n) is 5.61. The van der Waals surface area contributed by atoms with Gasteiger partial charge in [0.25, 0.3) is 0 Å². The molecule has 142 valence electrons. The Morgan fingerprint density at radius 3 is 2.42 bits per heavy atom. The number of hydrogen-bond donors (Lipinski definition) is 0. The molecule has 0 atom stereocenters. The summed E-state index contributed by atoms with van der Waals surface area (Å²) in [6, 6.07) is 8.73. The van der Waals surface area contributed by atoms with E-state index in [1.165, 1.54) is 5.52 Å². The minimum absolute atomic E-state index is 0.238. The highest BCUT2D eigenvalue weighted by molar-refractivity contribution is 9.10. The summed E-state index contributed by atoms with van der Waals surface area (Å²) in [6.45, 7) is 17.0. The SMILES string of the molecule is CC(C)(C#N)c1cn(CCCO[Si](C)(C)C(C)(C)C)c2cc(Br)ccc12. The van der Waals surface area contributed by atoms with Crippen LogP contribution in [-0.2, 0) is 16.4 Å². The van der Waals surface area contributed by atoms with Crippen molar-refractivity contribution in [3.8, 4) is 6.07 Å². The highest BCUT2D eigenvalue weighted by Gasteiger charge is 2.36. The maximum Gasteiger partial charge on any atom is 0.191 e. The average Bonchev–Trinajstić information content (AvgIpc) is 2.89. The molecule has 0 aliphatic heterocycles. The summed E-state index contributed by atoms with van der Waals surface area (Å²) >= 11 is 3.58. The normalized spacial score (nSPS) is 13.2. The molecule has 5 heteroatoms. The molecular weight excluding hydrogens is 404 g/mol. The molecule has 0 spiro atoms. The molecule has 0 N–H and O–H groups in total. The molecule has 0 unspecified atom stereocenters. The number of aromatic nitrogens is 1. The summed E-state index contributed by atoms with van der Waals surface area (Å²) < 4.78 is 9.64. The van der Waals surface area contributed by atoms with Gasteiger partial charge in [-0.05, 0) is 56.1 Å². The molecule has 0 amide bonds. The van der Waals surface area contributed by atoms with E-state index in [1.54, 1.807) is 0 Å². The fourth-order valence-corrected chi connectivity index (χ4v) is 4.22. The Morgan fingerprint density at radius 1 is 1.19 bits per heavy atom. The summed E-state index contributed by atoms with van der Waals surface area (Å²) in [5.74, 6) is 0. The van der Waals surface area contributed by atoms with Crippen LogP contribution in [0.5, 0.6) is 0 Å². The molecule has 0 aliphatic carbocycles. The van der Waals surface area contributed by atoms with Crippen LogP contribution in [0.1, 0.15) is 46.6 Å². The highest BCUT2D eigenvalue weighted by atomic mass is 79.9. The molecule has 0 aliphatic rings. The van der Waals surface area contributed by atoms with Crippen LogP contribution in [0.4, 0.5) is 0 Å². The molecule has 0 saturated heterocycles. The van der Waals surface area contributed by atoms with Gasteiger partial charge in [0.15, 0.2) is 8.32 Å². The minimum Gasteiger partial charge on any atom is -0.417 e. The molecule has 1 aromatic heterocycles. The van der Waals surface area contributed by atoms with Gasteiger partial charge in [-0.3, -0.25) is 0 Å². The van der Waals surface area contributed by atoms with Crippen molar-refractivity contribution in [3.05, 3.63) is 34.4 Å². The Bertz CT molecular complexity index is 825. The zero-order chi connectivity index (χ0) is 19.8. The summed E-state index contributed by atoms with van der Waals surface area (Å²) in [7, 11) is -1.70. The Labute approximate surface area is 167 Å². The van der Waals surface area contributed by atoms with Crippen LogP contribution in [-0.4, -0.2) is 19.5 Å². The lowest BCUT2D eigenvalue weighted by Gasteiger charge is -2.36. The van der Waals surface area contributed by atoms with Crippen molar-refractivity contribution in [2.24, 2.45) is 0 Å². The number of nitrogens with zero attached hydrogens (tertiary/aromatic N) is 2. The van der Waals surface area contributed by atoms with Crippen LogP contribution >= 0.6 is 15.9 Å². The van der Waals surface area contributed by atoms with Crippen molar-refractivity contribution in [2.45, 2.75) is 71.1 Å². The van der Waals surface area contributed by atoms with Gasteiger partial charge in [0.05, 0.1) is 11.5 Å². The van der Waals surface area contributed by atoms with E-state index in [-0.39, 0.29) is 5.04 Å². The molecule has 0 radical (unpaired) electrons. The van der Waals surface area contributed by atoms with Gasteiger partial charge < -0.3 is 8.99 Å². The van der Waals surface area contributed by atoms with Gasteiger partial charge in [-0.1, -0.05) is 42.8 Å². The number of rotatable bonds is 6. The van der Waals surface area contributed by atoms with Crippen LogP contribution < -0.4 is 0 Å². The van der Waals surface area contributed by atoms with E-state index in [1.807, 2.05) is 19.9 Å². The van der Waals surface area contributed by atoms with E-state index in [9.17, 15) is 5.26 Å². The van der Waals surface area contributed by atoms with Gasteiger partial charge in [-0.15, -0.1) is 0 Å². The van der Waals surface area contributed by atoms with E-state index in [0.717, 1.165) is 35.0 Å². The van der Waals surface area contributed by atoms with Crippen LogP contribution in [0.25, 0.3) is 10.9 Å². The van der Waals surface area contributed by atoms with Gasteiger partial charge in [-0.25, -0.2) is 0 Å². The number of benzene rings is 1. The van der Waals surface area contributed by atoms with Crippen molar-refractivity contribution in [1.82, 2.24) is 4.57 Å². The Hall–Kier alpha value is -1.09. The molecule has 0 saturated carbocycles. The van der Waals surface area contributed by atoms with Crippen molar-refractivity contribution >= 4 is 35.2 Å². The number of nitriles is 1. The van der Waals surface area contributed by atoms with E-state index >= 15 is 0 Å². The van der Waals surface area contributed by atoms with Gasteiger partial charge in [-0.2, -0.15) is 5.26 Å². The lowest BCUT2D eigenvalue weighted by Crippen LogP contribution is -2.41. The fourth-order valence-electron chi connectivity index (χ4n) is 2.79. The van der Waals surface area contributed by atoms with E-state index in [0.29, 0.717) is 0 Å². The second kappa shape index (κ2) is 7.50. The Morgan fingerprint density at radius 2 is 1.85 bits per heavy atom. The van der Waals surface area contributed by atoms with E-state index in [4.69, 9.17) is 4.43 Å². The first kappa shape index (κ1) is 21.2. The zero-order valence-electron chi connectivity index (χ0n) is 17.1. The van der Waals surface area contributed by atoms with Crippen molar-refractivity contribution in [2.75, 3.05) is 6.61 Å². The number of fused-ring (bicyclic) bond motifs is 1. The zero-order valence-corrected chi connectivity index (χ0v) is 19.7. The lowest BCUT2D eigenvalue weighted by atomic mass is 9.86. The quantitative estimate of drug-likeness (QED) is 0.378. The standard InChI is InChI=1S/C21H31BrN2OSi/c1-20(2,3)26(6,7)25-12-8-11-24-14-18(21(4,5)15-23)17-10-9-16(22)13-19(17)24/h9-10,13-14H,8,11-12H2,1-7H3. The molecule has 3 nitrogen and oxygen atoms in total. The summed E-state index contributed by atoms with van der Waals surface area (Å²) in [6.07, 6.45) is 3.11. The predicted octanol–water partition coefficient (Wildman–Crippen LogP) is 6.62. The van der Waals surface area contributed by atoms with Crippen molar-refractivity contribution < 1.29 is 4.43 Å². The maximum absolute atomic E-state index is 9.57. The van der Waals surface area contributed by atoms with Gasteiger partial charge >= 0.3 is 0 Å². The summed E-state index contributed by atoms with van der Waals surface area (Å²) in [5.41, 5.74) is 1.76. The number of aryl methyl sites for hydroxylation is 1. The smallest absolute Gasteiger partial charge is 0.191 e. The molecule has 0 bridgehead atoms. The molecule has 26 heavy (non-hydrogen) atoms. The van der Waals surface area contributed by atoms with Crippen molar-refractivity contribution in [1.29, 1.82) is 5.26 Å². The number of hydrogen-bond acceptors (Lipinski definition) is 2. The third-order valence-corrected chi connectivity index (χ3v) is 10.6. The highest BCUT2D eigenvalue weighted by Crippen LogP contribution is 2.37. The van der Waals surface area contributed by atoms with Crippen LogP contribution in [0.15, 0.2) is 28.9 Å². The number of halogens is 1. The molecule has 2 aromatic rings. The Kier molecular flexibility index (Phi) is 6.12.